The molecular formula is C46H48Cl2N10O5. The van der Waals surface area contributed by atoms with Gasteiger partial charge in [0, 0.05) is 38.2 Å². The molecule has 2 aromatic heterocycles. The molecule has 0 aliphatic carbocycles. The summed E-state index contributed by atoms with van der Waals surface area (Å²) in [6.45, 7) is 14.9. The molecule has 2 aliphatic rings. The lowest BCUT2D eigenvalue weighted by molar-refractivity contribution is -0.124. The summed E-state index contributed by atoms with van der Waals surface area (Å²) < 4.78 is 20.5. The number of aliphatic imine (C=N–C) groups is 2. The van der Waals surface area contributed by atoms with E-state index in [-0.39, 0.29) is 24.0 Å². The summed E-state index contributed by atoms with van der Waals surface area (Å²) in [5, 5.41) is 24.2. The van der Waals surface area contributed by atoms with E-state index >= 15 is 0 Å². The summed E-state index contributed by atoms with van der Waals surface area (Å²) in [6, 6.07) is 26.4. The van der Waals surface area contributed by atoms with Crippen LogP contribution in [0.4, 0.5) is 4.79 Å². The molecule has 0 radical (unpaired) electrons. The normalized spacial score (nSPS) is 15.0. The van der Waals surface area contributed by atoms with Crippen molar-refractivity contribution in [3.63, 3.8) is 0 Å². The Morgan fingerprint density at radius 2 is 1.08 bits per heavy atom. The van der Waals surface area contributed by atoms with Crippen LogP contribution < -0.4 is 20.1 Å². The number of aryl methyl sites for hydroxylation is 2. The topological polar surface area (TPSA) is 172 Å². The second-order valence-corrected chi connectivity index (χ2v) is 16.5. The highest BCUT2D eigenvalue weighted by molar-refractivity contribution is 6.31. The Labute approximate surface area is 375 Å². The molecule has 0 saturated carbocycles. The third-order valence-corrected chi connectivity index (χ3v) is 10.4. The molecule has 63 heavy (non-hydrogen) atoms. The van der Waals surface area contributed by atoms with E-state index in [1.54, 1.807) is 33.1 Å². The number of hydrogen-bond acceptors (Lipinski definition) is 11. The number of ether oxygens (including phenoxy) is 3. The first kappa shape index (κ1) is 44.5. The Hall–Kier alpha value is -6.58. The van der Waals surface area contributed by atoms with Crippen LogP contribution in [0.3, 0.4) is 0 Å². The van der Waals surface area contributed by atoms with Crippen LogP contribution in [0.2, 0.25) is 10.0 Å². The van der Waals surface area contributed by atoms with E-state index in [0.29, 0.717) is 56.3 Å². The number of methoxy groups -OCH3 is 1. The third-order valence-electron chi connectivity index (χ3n) is 9.88. The monoisotopic (exact) mass is 890 g/mol. The van der Waals surface area contributed by atoms with Crippen molar-refractivity contribution in [3.8, 4) is 22.9 Å². The lowest BCUT2D eigenvalue weighted by atomic mass is 10.00. The Morgan fingerprint density at radius 3 is 1.52 bits per heavy atom. The number of carbonyl (C=O) groups excluding carboxylic acids is 2. The van der Waals surface area contributed by atoms with Gasteiger partial charge in [-0.15, -0.1) is 20.4 Å². The van der Waals surface area contributed by atoms with Gasteiger partial charge in [-0.3, -0.25) is 29.2 Å². The van der Waals surface area contributed by atoms with Crippen LogP contribution in [-0.2, 0) is 9.53 Å². The molecule has 326 valence electrons. The maximum Gasteiger partial charge on any atom is 0.409 e. The van der Waals surface area contributed by atoms with Gasteiger partial charge in [-0.1, -0.05) is 61.3 Å². The zero-order valence-electron chi connectivity index (χ0n) is 36.3. The molecule has 2 N–H and O–H groups in total. The van der Waals surface area contributed by atoms with E-state index in [1.165, 1.54) is 0 Å². The number of fused-ring (bicyclic) bond motifs is 6. The number of halogens is 2. The Bertz CT molecular complexity index is 2710. The Balaban J connectivity index is 0.000000190. The minimum Gasteiger partial charge on any atom is -0.497 e. The molecule has 17 heteroatoms. The fraction of sp³-hybridized carbons (Fsp3) is 0.304. The number of nitrogens with zero attached hydrogens (tertiary/aromatic N) is 8. The lowest BCUT2D eigenvalue weighted by Gasteiger charge is -2.16. The molecule has 4 heterocycles. The molecule has 6 aromatic rings. The maximum absolute atomic E-state index is 12.5. The second-order valence-electron chi connectivity index (χ2n) is 15.6. The molecule has 4 aromatic carbocycles. The summed E-state index contributed by atoms with van der Waals surface area (Å²) in [4.78, 5) is 34.9. The minimum absolute atomic E-state index is 0.0113. The first-order valence-corrected chi connectivity index (χ1v) is 21.2. The van der Waals surface area contributed by atoms with Gasteiger partial charge in [0.2, 0.25) is 5.91 Å². The molecule has 0 unspecified atom stereocenters. The quantitative estimate of drug-likeness (QED) is 0.144. The zero-order valence-corrected chi connectivity index (χ0v) is 37.9. The number of rotatable bonds is 9. The first-order chi connectivity index (χ1) is 30.1. The first-order valence-electron chi connectivity index (χ1n) is 20.4. The van der Waals surface area contributed by atoms with Gasteiger partial charge in [0.25, 0.3) is 0 Å². The van der Waals surface area contributed by atoms with Crippen LogP contribution in [0.5, 0.6) is 11.5 Å². The van der Waals surface area contributed by atoms with Crippen molar-refractivity contribution in [1.29, 1.82) is 0 Å². The molecule has 0 bridgehead atoms. The summed E-state index contributed by atoms with van der Waals surface area (Å²) in [7, 11) is 1.62. The number of benzene rings is 4. The van der Waals surface area contributed by atoms with Crippen molar-refractivity contribution in [2.45, 2.75) is 79.9 Å². The summed E-state index contributed by atoms with van der Waals surface area (Å²) in [5.74, 6) is 3.51. The van der Waals surface area contributed by atoms with Crippen molar-refractivity contribution in [3.05, 3.63) is 141 Å². The number of aromatic nitrogens is 6. The van der Waals surface area contributed by atoms with Gasteiger partial charge in [-0.05, 0) is 102 Å². The van der Waals surface area contributed by atoms with Crippen LogP contribution in [0.25, 0.3) is 11.4 Å². The SMILES string of the molecule is COc1ccc2c(c1)C(c1ccc(Cl)cc1)=N[C@@H](NC(=O)C(C)C)c1nnc(C)n1-2.Cc1nnc2n1-c1ccc(OC(C)C)cc1C(c1ccc(Cl)cc1)=N[C@H]2NC(=O)OC(C)C. The highest BCUT2D eigenvalue weighted by Crippen LogP contribution is 2.34. The van der Waals surface area contributed by atoms with Crippen molar-refractivity contribution >= 4 is 46.6 Å². The predicted molar refractivity (Wildman–Crippen MR) is 242 cm³/mol. The fourth-order valence-corrected chi connectivity index (χ4v) is 7.27. The van der Waals surface area contributed by atoms with Crippen LogP contribution >= 0.6 is 23.2 Å². The van der Waals surface area contributed by atoms with Gasteiger partial charge in [-0.25, -0.2) is 4.79 Å². The number of carbonyl (C=O) groups is 2. The highest BCUT2D eigenvalue weighted by Gasteiger charge is 2.32. The van der Waals surface area contributed by atoms with Gasteiger partial charge in [0.05, 0.1) is 42.1 Å². The Kier molecular flexibility index (Phi) is 13.3. The predicted octanol–water partition coefficient (Wildman–Crippen LogP) is 8.86. The maximum atomic E-state index is 12.5. The minimum atomic E-state index is -0.815. The largest absolute Gasteiger partial charge is 0.497 e. The van der Waals surface area contributed by atoms with Crippen LogP contribution in [-0.4, -0.2) is 72.3 Å². The molecule has 2 aliphatic heterocycles. The van der Waals surface area contributed by atoms with Gasteiger partial charge in [-0.2, -0.15) is 0 Å². The molecule has 8 rings (SSSR count). The second kappa shape index (κ2) is 18.8. The summed E-state index contributed by atoms with van der Waals surface area (Å²) in [5.41, 5.74) is 6.44. The van der Waals surface area contributed by atoms with E-state index in [2.05, 4.69) is 31.0 Å². The van der Waals surface area contributed by atoms with Gasteiger partial charge >= 0.3 is 6.09 Å². The van der Waals surface area contributed by atoms with Crippen LogP contribution in [0.15, 0.2) is 94.9 Å². The summed E-state index contributed by atoms with van der Waals surface area (Å²) >= 11 is 12.2. The molecule has 2 atom stereocenters. The summed E-state index contributed by atoms with van der Waals surface area (Å²) in [6.07, 6.45) is -2.36. The highest BCUT2D eigenvalue weighted by atomic mass is 35.5. The van der Waals surface area contributed by atoms with Crippen molar-refractivity contribution < 1.29 is 23.8 Å². The van der Waals surface area contributed by atoms with E-state index < -0.39 is 18.4 Å². The van der Waals surface area contributed by atoms with E-state index in [0.717, 1.165) is 33.6 Å². The third kappa shape index (κ3) is 9.74. The van der Waals surface area contributed by atoms with Crippen molar-refractivity contribution in [2.75, 3.05) is 7.11 Å². The van der Waals surface area contributed by atoms with Crippen LogP contribution in [0.1, 0.15) is 99.4 Å². The number of hydrogen-bond donors (Lipinski definition) is 2. The van der Waals surface area contributed by atoms with E-state index in [9.17, 15) is 9.59 Å². The van der Waals surface area contributed by atoms with Gasteiger partial charge in [0.1, 0.15) is 23.1 Å². The standard InChI is InChI=1S/C24H26ClN5O3.C22H22ClN5O2/c1-13(2)32-18-10-11-20-19(12-18)21(16-6-8-17(25)9-7-16)26-22(27-24(31)33-14(3)4)23-29-28-15(5)30(20)23;1-12(2)22(29)25-20-21-27-26-13(3)28(21)18-10-9-16(30-4)11-17(18)19(24-20)14-5-7-15(23)8-6-14/h6-14,22H,1-5H3,(H,27,31);5-12,20H,1-4H3,(H,25,29)/t22-;20-/m00/s1. The van der Waals surface area contributed by atoms with Crippen molar-refractivity contribution in [2.24, 2.45) is 15.9 Å². The van der Waals surface area contributed by atoms with Crippen molar-refractivity contribution in [1.82, 2.24) is 40.2 Å². The fourth-order valence-electron chi connectivity index (χ4n) is 7.02. The molecule has 15 nitrogen and oxygen atoms in total. The molecule has 0 spiro atoms. The molecule has 0 saturated heterocycles. The molecule has 2 amide bonds. The number of nitrogens with one attached hydrogen (secondary N) is 2. The van der Waals surface area contributed by atoms with Gasteiger partial charge in [0.15, 0.2) is 24.0 Å². The zero-order chi connectivity index (χ0) is 45.1. The molecule has 0 fully saturated rings. The average Bonchev–Trinajstić information content (AvgIpc) is 3.74. The van der Waals surface area contributed by atoms with E-state index in [4.69, 9.17) is 47.4 Å². The van der Waals surface area contributed by atoms with Gasteiger partial charge < -0.3 is 19.5 Å². The van der Waals surface area contributed by atoms with Crippen LogP contribution in [0, 0.1) is 19.8 Å². The number of alkyl carbamates (subject to hydrolysis) is 1. The van der Waals surface area contributed by atoms with E-state index in [1.807, 2.05) is 123 Å². The average molecular weight is 892 g/mol. The Morgan fingerprint density at radius 1 is 0.619 bits per heavy atom. The molecular weight excluding hydrogens is 843 g/mol. The smallest absolute Gasteiger partial charge is 0.409 e. The number of amides is 2. The lowest BCUT2D eigenvalue weighted by Crippen LogP contribution is -2.32.